The first-order chi connectivity index (χ1) is 17.9. The highest BCUT2D eigenvalue weighted by Gasteiger charge is 2.32. The highest BCUT2D eigenvalue weighted by atomic mass is 32.1. The number of allylic oxidation sites excluding steroid dienone is 1. The van der Waals surface area contributed by atoms with Gasteiger partial charge < -0.3 is 9.84 Å². The van der Waals surface area contributed by atoms with E-state index in [1.807, 2.05) is 36.4 Å². The second-order valence-corrected chi connectivity index (χ2v) is 9.90. The first-order valence-electron chi connectivity index (χ1n) is 11.7. The van der Waals surface area contributed by atoms with E-state index in [4.69, 9.17) is 9.73 Å². The largest absolute Gasteiger partial charge is 0.502 e. The van der Waals surface area contributed by atoms with Gasteiger partial charge in [-0.1, -0.05) is 53.8 Å². The van der Waals surface area contributed by atoms with Crippen molar-refractivity contribution in [2.75, 3.05) is 7.11 Å². The molecule has 1 aliphatic heterocycles. The van der Waals surface area contributed by atoms with Gasteiger partial charge in [-0.05, 0) is 59.4 Å². The van der Waals surface area contributed by atoms with Gasteiger partial charge in [0.1, 0.15) is 5.75 Å². The third-order valence-electron chi connectivity index (χ3n) is 6.80. The average molecular weight is 512 g/mol. The van der Waals surface area contributed by atoms with Crippen molar-refractivity contribution in [1.29, 1.82) is 0 Å². The lowest BCUT2D eigenvalue weighted by atomic mass is 9.83. The van der Waals surface area contributed by atoms with Crippen LogP contribution in [-0.2, 0) is 6.42 Å². The van der Waals surface area contributed by atoms with Gasteiger partial charge in [-0.2, -0.15) is 0 Å². The molecule has 0 saturated carbocycles. The number of hydrogen-bond donors (Lipinski definition) is 1. The number of nitrogens with zero attached hydrogens (tertiary/aromatic N) is 3. The molecule has 0 bridgehead atoms. The van der Waals surface area contributed by atoms with Crippen LogP contribution in [0.3, 0.4) is 0 Å². The zero-order valence-corrected chi connectivity index (χ0v) is 20.6. The number of nitro groups is 1. The number of phenols is 1. The van der Waals surface area contributed by atoms with Crippen molar-refractivity contribution in [2.24, 2.45) is 4.99 Å². The third kappa shape index (κ3) is 3.84. The summed E-state index contributed by atoms with van der Waals surface area (Å²) in [6.07, 6.45) is 3.25. The Hall–Kier alpha value is -4.50. The van der Waals surface area contributed by atoms with Gasteiger partial charge in [0, 0.05) is 11.6 Å². The predicted molar refractivity (Wildman–Crippen MR) is 141 cm³/mol. The number of ether oxygens (including phenoxy) is 1. The van der Waals surface area contributed by atoms with Gasteiger partial charge in [-0.15, -0.1) is 0 Å². The minimum absolute atomic E-state index is 0.217. The van der Waals surface area contributed by atoms with Gasteiger partial charge in [0.25, 0.3) is 5.56 Å². The van der Waals surface area contributed by atoms with Crippen LogP contribution >= 0.6 is 11.3 Å². The Morgan fingerprint density at radius 1 is 1.14 bits per heavy atom. The van der Waals surface area contributed by atoms with Crippen molar-refractivity contribution in [2.45, 2.75) is 18.9 Å². The van der Waals surface area contributed by atoms with Crippen LogP contribution in [0.4, 0.5) is 5.69 Å². The summed E-state index contributed by atoms with van der Waals surface area (Å²) in [6.45, 7) is 0. The van der Waals surface area contributed by atoms with Crippen LogP contribution in [0.25, 0.3) is 11.8 Å². The van der Waals surface area contributed by atoms with Crippen LogP contribution in [0.1, 0.15) is 34.7 Å². The second-order valence-electron chi connectivity index (χ2n) is 8.89. The maximum absolute atomic E-state index is 13.8. The fraction of sp³-hybridized carbons (Fsp3) is 0.143. The average Bonchev–Trinajstić information content (AvgIpc) is 3.22. The smallest absolute Gasteiger partial charge is 0.311 e. The van der Waals surface area contributed by atoms with Gasteiger partial charge in [0.2, 0.25) is 0 Å². The first kappa shape index (κ1) is 22.9. The number of nitro benzene ring substituents is 1. The molecule has 0 amide bonds. The third-order valence-corrected chi connectivity index (χ3v) is 7.78. The first-order valence-corrected chi connectivity index (χ1v) is 12.5. The van der Waals surface area contributed by atoms with E-state index in [-0.39, 0.29) is 11.6 Å². The van der Waals surface area contributed by atoms with E-state index in [2.05, 4.69) is 12.1 Å². The highest BCUT2D eigenvalue weighted by Crippen LogP contribution is 2.41. The molecule has 0 fully saturated rings. The molecule has 2 aliphatic rings. The summed E-state index contributed by atoms with van der Waals surface area (Å²) in [4.78, 5) is 30.0. The van der Waals surface area contributed by atoms with Crippen molar-refractivity contribution in [1.82, 2.24) is 4.57 Å². The van der Waals surface area contributed by atoms with E-state index in [1.54, 1.807) is 23.8 Å². The monoisotopic (exact) mass is 511 g/mol. The van der Waals surface area contributed by atoms with Crippen molar-refractivity contribution in [3.05, 3.63) is 124 Å². The van der Waals surface area contributed by atoms with Crippen molar-refractivity contribution in [3.63, 3.8) is 0 Å². The van der Waals surface area contributed by atoms with Crippen LogP contribution in [0.5, 0.6) is 11.5 Å². The van der Waals surface area contributed by atoms with Crippen molar-refractivity contribution in [3.8, 4) is 11.5 Å². The predicted octanol–water partition coefficient (Wildman–Crippen LogP) is 3.94. The lowest BCUT2D eigenvalue weighted by molar-refractivity contribution is -0.385. The summed E-state index contributed by atoms with van der Waals surface area (Å²) in [7, 11) is 1.62. The van der Waals surface area contributed by atoms with E-state index in [0.717, 1.165) is 41.0 Å². The molecule has 6 rings (SSSR count). The molecule has 0 saturated heterocycles. The Kier molecular flexibility index (Phi) is 5.49. The molecule has 4 aromatic rings. The van der Waals surface area contributed by atoms with Crippen LogP contribution < -0.4 is 19.6 Å². The minimum Gasteiger partial charge on any atom is -0.502 e. The van der Waals surface area contributed by atoms with E-state index in [1.165, 1.54) is 29.0 Å². The minimum atomic E-state index is -0.649. The summed E-state index contributed by atoms with van der Waals surface area (Å²) >= 11 is 1.25. The zero-order chi connectivity index (χ0) is 25.7. The lowest BCUT2D eigenvalue weighted by Crippen LogP contribution is -2.38. The normalized spacial score (nSPS) is 16.5. The molecule has 8 nitrogen and oxygen atoms in total. The Balaban J connectivity index is 1.59. The maximum Gasteiger partial charge on any atom is 0.311 e. The number of hydrogen-bond acceptors (Lipinski definition) is 7. The van der Waals surface area contributed by atoms with Gasteiger partial charge in [-0.3, -0.25) is 19.5 Å². The van der Waals surface area contributed by atoms with Crippen LogP contribution in [0.2, 0.25) is 0 Å². The second kappa shape index (κ2) is 8.86. The molecule has 9 heteroatoms. The molecule has 1 atom stereocenters. The van der Waals surface area contributed by atoms with Gasteiger partial charge >= 0.3 is 5.69 Å². The molecule has 37 heavy (non-hydrogen) atoms. The number of rotatable bonds is 4. The molecule has 3 aromatic carbocycles. The molecule has 1 aliphatic carbocycles. The maximum atomic E-state index is 13.8. The number of benzene rings is 3. The fourth-order valence-electron chi connectivity index (χ4n) is 5.04. The summed E-state index contributed by atoms with van der Waals surface area (Å²) < 4.78 is 7.47. The number of thiazole rings is 1. The summed E-state index contributed by atoms with van der Waals surface area (Å²) in [5.74, 6) is 0.308. The number of phenolic OH excluding ortho intramolecular Hbond substituents is 1. The molecule has 0 spiro atoms. The molecule has 1 unspecified atom stereocenters. The molecule has 0 radical (unpaired) electrons. The summed E-state index contributed by atoms with van der Waals surface area (Å²) in [6, 6.07) is 19.7. The number of methoxy groups -OCH3 is 1. The molecular weight excluding hydrogens is 490 g/mol. The van der Waals surface area contributed by atoms with Gasteiger partial charge in [0.15, 0.2) is 10.6 Å². The quantitative estimate of drug-likeness (QED) is 0.330. The van der Waals surface area contributed by atoms with E-state index >= 15 is 0 Å². The van der Waals surface area contributed by atoms with Crippen LogP contribution in [0, 0.1) is 10.1 Å². The highest BCUT2D eigenvalue weighted by molar-refractivity contribution is 7.07. The molecule has 184 valence electrons. The number of aromatic nitrogens is 1. The van der Waals surface area contributed by atoms with E-state index in [9.17, 15) is 20.0 Å². The van der Waals surface area contributed by atoms with Gasteiger partial charge in [-0.25, -0.2) is 4.99 Å². The fourth-order valence-corrected chi connectivity index (χ4v) is 6.04. The van der Waals surface area contributed by atoms with Crippen LogP contribution in [0.15, 0.2) is 82.1 Å². The number of aryl methyl sites for hydroxylation is 1. The summed E-state index contributed by atoms with van der Waals surface area (Å²) in [5, 5.41) is 21.1. The summed E-state index contributed by atoms with van der Waals surface area (Å²) in [5.41, 5.74) is 5.07. The lowest BCUT2D eigenvalue weighted by Gasteiger charge is -2.30. The SMILES string of the molecule is COc1ccc(C2C3=C(N=c4s/c(=C/c5ccc(O)c([N+](=O)[O-])c5)c(=O)n42)c2ccccc2CC3)cc1. The topological polar surface area (TPSA) is 107 Å². The Morgan fingerprint density at radius 2 is 1.92 bits per heavy atom. The number of fused-ring (bicyclic) bond motifs is 3. The van der Waals surface area contributed by atoms with Crippen molar-refractivity contribution < 1.29 is 14.8 Å². The Morgan fingerprint density at radius 3 is 2.68 bits per heavy atom. The van der Waals surface area contributed by atoms with Crippen LogP contribution in [-0.4, -0.2) is 21.7 Å². The van der Waals surface area contributed by atoms with E-state index < -0.39 is 16.4 Å². The Bertz CT molecular complexity index is 1780. The molecular formula is C28H21N3O5S. The number of aromatic hydroxyl groups is 1. The van der Waals surface area contributed by atoms with Gasteiger partial charge in [0.05, 0.1) is 28.3 Å². The molecule has 1 aromatic heterocycles. The molecule has 2 heterocycles. The molecule has 1 N–H and O–H groups in total. The van der Waals surface area contributed by atoms with E-state index in [0.29, 0.717) is 14.9 Å². The van der Waals surface area contributed by atoms with Crippen molar-refractivity contribution >= 4 is 28.8 Å². The zero-order valence-electron chi connectivity index (χ0n) is 19.7. The Labute approximate surface area is 214 Å². The standard InChI is InChI=1S/C28H21N3O5S/c1-36-19-10-7-18(8-11-19)26-21-12-9-17-4-2-3-5-20(17)25(21)29-28-30(26)27(33)24(37-28)15-16-6-13-23(32)22(14-16)31(34)35/h2-8,10-11,13-15,26,32H,9,12H2,1H3/b24-15+.